The Hall–Kier alpha value is 0. The van der Waals surface area contributed by atoms with Gasteiger partial charge in [-0.1, -0.05) is 52.9 Å². The van der Waals surface area contributed by atoms with Gasteiger partial charge in [0, 0.05) is 0 Å². The van der Waals surface area contributed by atoms with Crippen molar-refractivity contribution in [3.05, 3.63) is 0 Å². The van der Waals surface area contributed by atoms with E-state index < -0.39 is 0 Å². The Kier molecular flexibility index (Phi) is 3.97. The molecular weight excluding hydrogens is 192 g/mol. The van der Waals surface area contributed by atoms with Gasteiger partial charge in [0.15, 0.2) is 0 Å². The van der Waals surface area contributed by atoms with Crippen LogP contribution in [0.1, 0.15) is 78.6 Å². The van der Waals surface area contributed by atoms with Crippen molar-refractivity contribution < 1.29 is 0 Å². The highest BCUT2D eigenvalue weighted by molar-refractivity contribution is 5.08. The monoisotopic (exact) mass is 222 g/mol. The van der Waals surface area contributed by atoms with Gasteiger partial charge in [-0.05, 0) is 48.9 Å². The van der Waals surface area contributed by atoms with Crippen molar-refractivity contribution in [2.24, 2.45) is 23.2 Å². The standard InChI is InChI=1S/C16H30/c1-4-8-15-13(3)16(15)11-7-6-9-14(5-2)10-12-16/h13-15H,4-12H2,1-3H3. The summed E-state index contributed by atoms with van der Waals surface area (Å²) in [6.45, 7) is 7.28. The normalized spacial score (nSPS) is 44.1. The Morgan fingerprint density at radius 2 is 1.88 bits per heavy atom. The van der Waals surface area contributed by atoms with Crippen LogP contribution in [-0.2, 0) is 0 Å². The molecule has 0 aliphatic heterocycles. The third-order valence-electron chi connectivity index (χ3n) is 5.84. The first kappa shape index (κ1) is 12.5. The lowest BCUT2D eigenvalue weighted by Crippen LogP contribution is -2.13. The lowest BCUT2D eigenvalue weighted by atomic mass is 9.80. The van der Waals surface area contributed by atoms with Gasteiger partial charge < -0.3 is 0 Å². The molecule has 0 aromatic rings. The van der Waals surface area contributed by atoms with Gasteiger partial charge in [0.05, 0.1) is 0 Å². The van der Waals surface area contributed by atoms with Crippen molar-refractivity contribution in [3.8, 4) is 0 Å². The van der Waals surface area contributed by atoms with Crippen LogP contribution in [0.15, 0.2) is 0 Å². The van der Waals surface area contributed by atoms with Crippen molar-refractivity contribution in [2.75, 3.05) is 0 Å². The maximum absolute atomic E-state index is 2.53. The van der Waals surface area contributed by atoms with Crippen LogP contribution in [0.5, 0.6) is 0 Å². The second kappa shape index (κ2) is 5.10. The van der Waals surface area contributed by atoms with E-state index in [1.807, 2.05) is 0 Å². The van der Waals surface area contributed by atoms with E-state index in [4.69, 9.17) is 0 Å². The molecule has 1 spiro atoms. The van der Waals surface area contributed by atoms with Crippen LogP contribution in [0.2, 0.25) is 0 Å². The zero-order valence-electron chi connectivity index (χ0n) is 11.6. The van der Waals surface area contributed by atoms with E-state index >= 15 is 0 Å². The van der Waals surface area contributed by atoms with Crippen molar-refractivity contribution in [1.82, 2.24) is 0 Å². The minimum Gasteiger partial charge on any atom is -0.0654 e. The average Bonchev–Trinajstić information content (AvgIpc) is 2.81. The summed E-state index contributed by atoms with van der Waals surface area (Å²) in [5, 5.41) is 0. The van der Waals surface area contributed by atoms with Gasteiger partial charge in [-0.3, -0.25) is 0 Å². The maximum Gasteiger partial charge on any atom is -0.0238 e. The van der Waals surface area contributed by atoms with Crippen molar-refractivity contribution in [3.63, 3.8) is 0 Å². The van der Waals surface area contributed by atoms with E-state index in [2.05, 4.69) is 20.8 Å². The van der Waals surface area contributed by atoms with Crippen LogP contribution in [0.4, 0.5) is 0 Å². The van der Waals surface area contributed by atoms with Gasteiger partial charge in [-0.15, -0.1) is 0 Å². The Morgan fingerprint density at radius 3 is 2.56 bits per heavy atom. The molecule has 0 amide bonds. The molecule has 2 rings (SSSR count). The molecule has 0 heterocycles. The summed E-state index contributed by atoms with van der Waals surface area (Å²) in [6, 6.07) is 0. The Labute approximate surface area is 102 Å². The molecule has 0 saturated heterocycles. The van der Waals surface area contributed by atoms with Gasteiger partial charge in [0.1, 0.15) is 0 Å². The molecule has 4 atom stereocenters. The fourth-order valence-electron chi connectivity index (χ4n) is 4.51. The molecule has 16 heavy (non-hydrogen) atoms. The first-order chi connectivity index (χ1) is 7.74. The van der Waals surface area contributed by atoms with Gasteiger partial charge in [-0.25, -0.2) is 0 Å². The molecule has 94 valence electrons. The Morgan fingerprint density at radius 1 is 1.06 bits per heavy atom. The predicted octanol–water partition coefficient (Wildman–Crippen LogP) is 5.42. The van der Waals surface area contributed by atoms with E-state index in [0.717, 1.165) is 23.2 Å². The molecule has 2 aliphatic rings. The van der Waals surface area contributed by atoms with E-state index in [0.29, 0.717) is 0 Å². The van der Waals surface area contributed by atoms with Gasteiger partial charge in [-0.2, -0.15) is 0 Å². The lowest BCUT2D eigenvalue weighted by molar-refractivity contribution is 0.262. The molecule has 0 aromatic carbocycles. The zero-order chi connectivity index (χ0) is 11.6. The number of rotatable bonds is 3. The van der Waals surface area contributed by atoms with Crippen LogP contribution < -0.4 is 0 Å². The van der Waals surface area contributed by atoms with E-state index in [1.165, 1.54) is 44.9 Å². The number of hydrogen-bond donors (Lipinski definition) is 0. The Bertz CT molecular complexity index is 220. The molecule has 0 nitrogen and oxygen atoms in total. The van der Waals surface area contributed by atoms with Crippen LogP contribution in [0.3, 0.4) is 0 Å². The highest BCUT2D eigenvalue weighted by atomic mass is 14.6. The summed E-state index contributed by atoms with van der Waals surface area (Å²) >= 11 is 0. The Balaban J connectivity index is 1.94. The van der Waals surface area contributed by atoms with Crippen LogP contribution in [-0.4, -0.2) is 0 Å². The molecule has 0 bridgehead atoms. The molecule has 4 unspecified atom stereocenters. The SMILES string of the molecule is CCCC1C(C)C12CCCCC(CC)CC2. The minimum absolute atomic E-state index is 0.809. The van der Waals surface area contributed by atoms with E-state index in [-0.39, 0.29) is 0 Å². The zero-order valence-corrected chi connectivity index (χ0v) is 11.6. The first-order valence-corrected chi connectivity index (χ1v) is 7.74. The van der Waals surface area contributed by atoms with Crippen molar-refractivity contribution in [2.45, 2.75) is 78.6 Å². The topological polar surface area (TPSA) is 0 Å². The molecule has 0 radical (unpaired) electrons. The quantitative estimate of drug-likeness (QED) is 0.598. The summed E-state index contributed by atoms with van der Waals surface area (Å²) in [5.74, 6) is 3.18. The average molecular weight is 222 g/mol. The highest BCUT2D eigenvalue weighted by Gasteiger charge is 2.59. The number of hydrogen-bond acceptors (Lipinski definition) is 0. The predicted molar refractivity (Wildman–Crippen MR) is 71.5 cm³/mol. The molecule has 2 aliphatic carbocycles. The summed E-state index contributed by atoms with van der Waals surface area (Å²) in [4.78, 5) is 0. The molecule has 2 saturated carbocycles. The van der Waals surface area contributed by atoms with Gasteiger partial charge >= 0.3 is 0 Å². The van der Waals surface area contributed by atoms with Gasteiger partial charge in [0.2, 0.25) is 0 Å². The molecule has 0 N–H and O–H groups in total. The summed E-state index contributed by atoms with van der Waals surface area (Å²) in [6.07, 6.45) is 13.5. The fraction of sp³-hybridized carbons (Fsp3) is 1.00. The molecule has 2 fully saturated rings. The second-order valence-corrected chi connectivity index (χ2v) is 6.48. The smallest absolute Gasteiger partial charge is 0.0238 e. The third kappa shape index (κ3) is 2.17. The summed E-state index contributed by atoms with van der Waals surface area (Å²) in [7, 11) is 0. The van der Waals surface area contributed by atoms with E-state index in [9.17, 15) is 0 Å². The fourth-order valence-corrected chi connectivity index (χ4v) is 4.51. The van der Waals surface area contributed by atoms with Crippen LogP contribution in [0, 0.1) is 23.2 Å². The van der Waals surface area contributed by atoms with Gasteiger partial charge in [0.25, 0.3) is 0 Å². The third-order valence-corrected chi connectivity index (χ3v) is 5.84. The highest BCUT2D eigenvalue weighted by Crippen LogP contribution is 2.66. The summed E-state index contributed by atoms with van der Waals surface area (Å²) in [5.41, 5.74) is 0.809. The van der Waals surface area contributed by atoms with Crippen molar-refractivity contribution in [1.29, 1.82) is 0 Å². The largest absolute Gasteiger partial charge is 0.0654 e. The van der Waals surface area contributed by atoms with Crippen LogP contribution in [0.25, 0.3) is 0 Å². The lowest BCUT2D eigenvalue weighted by Gasteiger charge is -2.25. The molecular formula is C16H30. The molecule has 0 heteroatoms. The van der Waals surface area contributed by atoms with E-state index in [1.54, 1.807) is 12.8 Å². The first-order valence-electron chi connectivity index (χ1n) is 7.74. The minimum atomic E-state index is 0.809. The molecule has 0 aromatic heterocycles. The van der Waals surface area contributed by atoms with Crippen LogP contribution >= 0.6 is 0 Å². The maximum atomic E-state index is 2.53. The van der Waals surface area contributed by atoms with Crippen molar-refractivity contribution >= 4 is 0 Å². The second-order valence-electron chi connectivity index (χ2n) is 6.48. The summed E-state index contributed by atoms with van der Waals surface area (Å²) < 4.78 is 0.